The largest absolute Gasteiger partial charge is 0.431 e. The van der Waals surface area contributed by atoms with Crippen molar-refractivity contribution in [1.82, 2.24) is 29.7 Å². The van der Waals surface area contributed by atoms with Gasteiger partial charge in [-0.15, -0.1) is 21.5 Å². The van der Waals surface area contributed by atoms with Gasteiger partial charge >= 0.3 is 0 Å². The summed E-state index contributed by atoms with van der Waals surface area (Å²) in [4.78, 5) is 7.19. The number of aromatic nitrogens is 6. The zero-order chi connectivity index (χ0) is 28.5. The standard InChI is InChI=1S/4C4H10.2C3H3NS.2C2H2N2O/c4*1-4(2)3;1-2-5-3-4-1;1-2-4-5-3-1;1-3-4-2-5-1;1-3-2-5-4-1/h4*4H,1-3H3;2*1-3H;2*1-2H. The molecule has 10 heteroatoms. The van der Waals surface area contributed by atoms with Gasteiger partial charge in [0, 0.05) is 23.2 Å². The molecular weight excluding hydrogens is 492 g/mol. The summed E-state index contributed by atoms with van der Waals surface area (Å²) in [6.45, 7) is 26.0. The van der Waals surface area contributed by atoms with Gasteiger partial charge in [0.15, 0.2) is 6.33 Å². The average Bonchev–Trinajstić information content (AvgIpc) is 3.60. The minimum absolute atomic E-state index is 0.833. The van der Waals surface area contributed by atoms with Crippen molar-refractivity contribution >= 4 is 22.9 Å². The van der Waals surface area contributed by atoms with Gasteiger partial charge in [-0.05, 0) is 41.3 Å². The molecule has 0 saturated heterocycles. The van der Waals surface area contributed by atoms with Crippen molar-refractivity contribution in [2.45, 2.75) is 83.1 Å². The van der Waals surface area contributed by atoms with E-state index in [0.29, 0.717) is 0 Å². The molecule has 0 saturated carbocycles. The van der Waals surface area contributed by atoms with E-state index in [9.17, 15) is 0 Å². The van der Waals surface area contributed by atoms with Gasteiger partial charge in [0.2, 0.25) is 19.2 Å². The van der Waals surface area contributed by atoms with Gasteiger partial charge in [-0.1, -0.05) is 88.2 Å². The van der Waals surface area contributed by atoms with Crippen LogP contribution in [0.15, 0.2) is 69.2 Å². The average molecular weight is 543 g/mol. The first-order chi connectivity index (χ1) is 16.9. The molecule has 4 aromatic heterocycles. The lowest BCUT2D eigenvalue weighted by Crippen LogP contribution is -1.66. The zero-order valence-corrected chi connectivity index (χ0v) is 26.0. The first-order valence-corrected chi connectivity index (χ1v) is 13.8. The highest BCUT2D eigenvalue weighted by molar-refractivity contribution is 7.07. The molecule has 0 radical (unpaired) electrons. The summed E-state index contributed by atoms with van der Waals surface area (Å²) in [6.07, 6.45) is 8.66. The van der Waals surface area contributed by atoms with E-state index in [1.807, 2.05) is 16.8 Å². The first-order valence-electron chi connectivity index (χ1n) is 12.0. The Bertz CT molecular complexity index is 508. The van der Waals surface area contributed by atoms with Crippen molar-refractivity contribution < 1.29 is 8.94 Å². The summed E-state index contributed by atoms with van der Waals surface area (Å²) in [5.41, 5.74) is 1.79. The maximum absolute atomic E-state index is 4.36. The lowest BCUT2D eigenvalue weighted by atomic mass is 10.3. The number of hydrogen-bond acceptors (Lipinski definition) is 10. The molecule has 0 atom stereocenters. The fourth-order valence-corrected chi connectivity index (χ4v) is 1.33. The Balaban J connectivity index is -0.000000163. The number of rotatable bonds is 0. The highest BCUT2D eigenvalue weighted by atomic mass is 32.1. The van der Waals surface area contributed by atoms with Gasteiger partial charge in [0.1, 0.15) is 0 Å². The molecule has 4 rings (SSSR count). The van der Waals surface area contributed by atoms with Gasteiger partial charge in [-0.2, -0.15) is 0 Å². The monoisotopic (exact) mass is 542 g/mol. The molecule has 0 amide bonds. The minimum Gasteiger partial charge on any atom is -0.431 e. The Hall–Kier alpha value is -2.46. The van der Waals surface area contributed by atoms with Crippen LogP contribution in [0.1, 0.15) is 83.1 Å². The zero-order valence-electron chi connectivity index (χ0n) is 24.4. The van der Waals surface area contributed by atoms with E-state index >= 15 is 0 Å². The van der Waals surface area contributed by atoms with E-state index in [4.69, 9.17) is 0 Å². The van der Waals surface area contributed by atoms with E-state index in [0.717, 1.165) is 23.7 Å². The second-order valence-corrected chi connectivity index (χ2v) is 10.9. The maximum atomic E-state index is 4.36. The molecule has 4 aromatic rings. The molecule has 0 aromatic carbocycles. The fourth-order valence-electron chi connectivity index (χ4n) is 0.624. The molecule has 208 valence electrons. The molecule has 0 spiro atoms. The Morgan fingerprint density at radius 3 is 1.22 bits per heavy atom. The number of thiazole rings is 1. The third kappa shape index (κ3) is 95.6. The van der Waals surface area contributed by atoms with Crippen LogP contribution in [-0.2, 0) is 0 Å². The van der Waals surface area contributed by atoms with E-state index in [1.165, 1.54) is 37.0 Å². The molecule has 0 aliphatic rings. The molecule has 0 aliphatic carbocycles. The van der Waals surface area contributed by atoms with E-state index in [-0.39, 0.29) is 0 Å². The van der Waals surface area contributed by atoms with Crippen molar-refractivity contribution in [2.24, 2.45) is 23.7 Å². The first kappa shape index (κ1) is 40.7. The lowest BCUT2D eigenvalue weighted by Gasteiger charge is -1.79. The molecule has 0 unspecified atom stereocenters. The predicted molar refractivity (Wildman–Crippen MR) is 155 cm³/mol. The van der Waals surface area contributed by atoms with Crippen LogP contribution in [-0.4, -0.2) is 29.7 Å². The molecule has 4 heterocycles. The topological polar surface area (TPSA) is 104 Å². The van der Waals surface area contributed by atoms with E-state index < -0.39 is 0 Å². The Morgan fingerprint density at radius 1 is 0.611 bits per heavy atom. The van der Waals surface area contributed by atoms with Gasteiger partial charge < -0.3 is 8.94 Å². The molecule has 0 N–H and O–H groups in total. The van der Waals surface area contributed by atoms with Crippen LogP contribution >= 0.6 is 22.9 Å². The van der Waals surface area contributed by atoms with E-state index in [1.54, 1.807) is 29.2 Å². The Kier molecular flexibility index (Phi) is 41.9. The lowest BCUT2D eigenvalue weighted by molar-refractivity contribution is 0.416. The third-order valence-electron chi connectivity index (χ3n) is 1.26. The summed E-state index contributed by atoms with van der Waals surface area (Å²) < 4.78 is 12.3. The third-order valence-corrected chi connectivity index (χ3v) is 2.30. The predicted octanol–water partition coefficient (Wildman–Crippen LogP) is 9.07. The molecular formula is C26H50N6O2S2. The highest BCUT2D eigenvalue weighted by Crippen LogP contribution is 1.86. The number of nitrogens with zero attached hydrogens (tertiary/aromatic N) is 6. The van der Waals surface area contributed by atoms with Crippen LogP contribution in [0, 0.1) is 23.7 Å². The summed E-state index contributed by atoms with van der Waals surface area (Å²) in [7, 11) is 0. The van der Waals surface area contributed by atoms with Crippen molar-refractivity contribution in [3.05, 3.63) is 60.2 Å². The van der Waals surface area contributed by atoms with Crippen LogP contribution < -0.4 is 0 Å². The van der Waals surface area contributed by atoms with Crippen molar-refractivity contribution in [3.8, 4) is 0 Å². The fraction of sp³-hybridized carbons (Fsp3) is 0.615. The van der Waals surface area contributed by atoms with Gasteiger partial charge in [0.25, 0.3) is 0 Å². The van der Waals surface area contributed by atoms with Crippen LogP contribution in [0.3, 0.4) is 0 Å². The van der Waals surface area contributed by atoms with Gasteiger partial charge in [-0.25, -0.2) is 9.36 Å². The number of hydrogen-bond donors (Lipinski definition) is 0. The molecule has 0 bridgehead atoms. The molecule has 0 aliphatic heterocycles. The Labute approximate surface area is 228 Å². The summed E-state index contributed by atoms with van der Waals surface area (Å²) in [5, 5.41) is 13.7. The van der Waals surface area contributed by atoms with Crippen molar-refractivity contribution in [3.63, 3.8) is 0 Å². The van der Waals surface area contributed by atoms with Crippen LogP contribution in [0.25, 0.3) is 0 Å². The summed E-state index contributed by atoms with van der Waals surface area (Å²) >= 11 is 3.06. The molecule has 0 fully saturated rings. The molecule has 8 nitrogen and oxygen atoms in total. The van der Waals surface area contributed by atoms with Crippen molar-refractivity contribution in [1.29, 1.82) is 0 Å². The van der Waals surface area contributed by atoms with Crippen LogP contribution in [0.2, 0.25) is 0 Å². The molecule has 36 heavy (non-hydrogen) atoms. The second-order valence-electron chi connectivity index (χ2n) is 9.45. The van der Waals surface area contributed by atoms with E-state index in [2.05, 4.69) is 122 Å². The van der Waals surface area contributed by atoms with Gasteiger partial charge in [-0.3, -0.25) is 4.98 Å². The summed E-state index contributed by atoms with van der Waals surface area (Å²) in [5.74, 6) is 3.33. The van der Waals surface area contributed by atoms with Crippen LogP contribution in [0.5, 0.6) is 0 Å². The van der Waals surface area contributed by atoms with Gasteiger partial charge in [0.05, 0.1) is 5.51 Å². The normalized spacial score (nSPS) is 8.44. The SMILES string of the molecule is CC(C)C.CC(C)C.CC(C)C.CC(C)C.c1cnsc1.c1cscn1.c1ncon1.c1nnco1. The second kappa shape index (κ2) is 37.1. The van der Waals surface area contributed by atoms with Crippen LogP contribution in [0.4, 0.5) is 0 Å². The Morgan fingerprint density at radius 2 is 1.11 bits per heavy atom. The minimum atomic E-state index is 0.833. The highest BCUT2D eigenvalue weighted by Gasteiger charge is 1.69. The smallest absolute Gasteiger partial charge is 0.213 e. The maximum Gasteiger partial charge on any atom is 0.213 e. The quantitative estimate of drug-likeness (QED) is 0.217. The van der Waals surface area contributed by atoms with Crippen molar-refractivity contribution in [2.75, 3.05) is 0 Å². The summed E-state index contributed by atoms with van der Waals surface area (Å²) in [6, 6.07) is 1.91.